The summed E-state index contributed by atoms with van der Waals surface area (Å²) in [5, 5.41) is 6.11. The maximum absolute atomic E-state index is 14.0. The summed E-state index contributed by atoms with van der Waals surface area (Å²) in [7, 11) is 3.63. The summed E-state index contributed by atoms with van der Waals surface area (Å²) in [6.45, 7) is 11.1. The van der Waals surface area contributed by atoms with Crippen LogP contribution >= 0.6 is 0 Å². The summed E-state index contributed by atoms with van der Waals surface area (Å²) in [6.07, 6.45) is 2.71. The van der Waals surface area contributed by atoms with Crippen molar-refractivity contribution < 1.29 is 23.1 Å². The first-order chi connectivity index (χ1) is 20.5. The Hall–Kier alpha value is -4.00. The van der Waals surface area contributed by atoms with Crippen LogP contribution in [0, 0.1) is 0 Å². The summed E-state index contributed by atoms with van der Waals surface area (Å²) in [4.78, 5) is 43.0. The van der Waals surface area contributed by atoms with Gasteiger partial charge in [0.1, 0.15) is 11.6 Å². The van der Waals surface area contributed by atoms with E-state index in [4.69, 9.17) is 9.72 Å². The van der Waals surface area contributed by atoms with Crippen LogP contribution in [-0.4, -0.2) is 90.0 Å². The molecule has 2 fully saturated rings. The van der Waals surface area contributed by atoms with Gasteiger partial charge in [0.15, 0.2) is 0 Å². The molecule has 1 saturated heterocycles. The molecule has 0 atom stereocenters. The van der Waals surface area contributed by atoms with Gasteiger partial charge < -0.3 is 30.1 Å². The van der Waals surface area contributed by atoms with Gasteiger partial charge in [0, 0.05) is 68.9 Å². The predicted molar refractivity (Wildman–Crippen MR) is 163 cm³/mol. The molecular formula is C30H40F2N8O3. The molecular weight excluding hydrogens is 558 g/mol. The van der Waals surface area contributed by atoms with Crippen molar-refractivity contribution in [2.75, 3.05) is 60.8 Å². The maximum atomic E-state index is 14.0. The van der Waals surface area contributed by atoms with E-state index in [0.29, 0.717) is 29.5 Å². The van der Waals surface area contributed by atoms with Gasteiger partial charge in [-0.3, -0.25) is 9.69 Å². The number of nitrogens with one attached hydrogen (secondary N) is 2. The molecule has 1 saturated carbocycles. The number of amides is 3. The van der Waals surface area contributed by atoms with Gasteiger partial charge in [0.05, 0.1) is 30.7 Å². The molecule has 0 unspecified atom stereocenters. The number of urea groups is 1. The van der Waals surface area contributed by atoms with E-state index in [1.54, 1.807) is 29.2 Å². The summed E-state index contributed by atoms with van der Waals surface area (Å²) in [5.74, 6) is -1.93. The van der Waals surface area contributed by atoms with Gasteiger partial charge in [-0.15, -0.1) is 0 Å². The van der Waals surface area contributed by atoms with Gasteiger partial charge in [-0.25, -0.2) is 18.6 Å². The van der Waals surface area contributed by atoms with Gasteiger partial charge in [-0.1, -0.05) is 6.58 Å². The SMILES string of the molecule is C=CC(=O)Nc1cc(Nc2ncc3c(n2)N(C2CCC(F)(F)CC2)C(=O)N(C(C)C)C3)c(OC)cc1N1CCN(C)CC1. The number of carbonyl (C=O) groups excluding carboxylic acids is 2. The molecule has 2 aromatic rings. The van der Waals surface area contributed by atoms with E-state index < -0.39 is 12.0 Å². The Morgan fingerprint density at radius 1 is 1.16 bits per heavy atom. The van der Waals surface area contributed by atoms with Gasteiger partial charge in [0.2, 0.25) is 17.8 Å². The van der Waals surface area contributed by atoms with Crippen molar-refractivity contribution in [1.82, 2.24) is 19.8 Å². The Balaban J connectivity index is 1.50. The number of hydrogen-bond acceptors (Lipinski definition) is 8. The highest BCUT2D eigenvalue weighted by Crippen LogP contribution is 2.41. The number of piperazine rings is 1. The molecule has 2 N–H and O–H groups in total. The Morgan fingerprint density at radius 3 is 2.49 bits per heavy atom. The Labute approximate surface area is 250 Å². The van der Waals surface area contributed by atoms with Crippen LogP contribution in [-0.2, 0) is 11.3 Å². The first-order valence-corrected chi connectivity index (χ1v) is 14.7. The molecule has 1 aromatic heterocycles. The fraction of sp³-hybridized carbons (Fsp3) is 0.533. The van der Waals surface area contributed by atoms with E-state index in [1.165, 1.54) is 6.08 Å². The van der Waals surface area contributed by atoms with Crippen molar-refractivity contribution in [3.05, 3.63) is 36.5 Å². The average Bonchev–Trinajstić information content (AvgIpc) is 2.98. The fourth-order valence-electron chi connectivity index (χ4n) is 5.82. The smallest absolute Gasteiger partial charge is 0.326 e. The second-order valence-corrected chi connectivity index (χ2v) is 11.7. The number of likely N-dealkylation sites (N-methyl/N-ethyl adjacent to an activating group) is 1. The van der Waals surface area contributed by atoms with Crippen LogP contribution in [0.2, 0.25) is 0 Å². The fourth-order valence-corrected chi connectivity index (χ4v) is 5.82. The van der Waals surface area contributed by atoms with Crippen molar-refractivity contribution in [1.29, 1.82) is 0 Å². The van der Waals surface area contributed by atoms with Gasteiger partial charge in [-0.05, 0) is 45.9 Å². The first kappa shape index (κ1) is 30.5. The Kier molecular flexibility index (Phi) is 8.72. The average molecular weight is 599 g/mol. The molecule has 0 bridgehead atoms. The molecule has 43 heavy (non-hydrogen) atoms. The quantitative estimate of drug-likeness (QED) is 0.416. The zero-order chi connectivity index (χ0) is 30.9. The third kappa shape index (κ3) is 6.51. The second-order valence-electron chi connectivity index (χ2n) is 11.7. The van der Waals surface area contributed by atoms with Crippen molar-refractivity contribution in [2.24, 2.45) is 0 Å². The number of rotatable bonds is 8. The number of anilines is 5. The predicted octanol–water partition coefficient (Wildman–Crippen LogP) is 4.83. The molecule has 3 aliphatic rings. The number of alkyl halides is 2. The van der Waals surface area contributed by atoms with Crippen LogP contribution in [0.15, 0.2) is 31.0 Å². The monoisotopic (exact) mass is 598 g/mol. The number of nitrogens with zero attached hydrogens (tertiary/aromatic N) is 6. The van der Waals surface area contributed by atoms with E-state index in [-0.39, 0.29) is 49.6 Å². The van der Waals surface area contributed by atoms with Crippen LogP contribution in [0.3, 0.4) is 0 Å². The molecule has 1 aromatic carbocycles. The molecule has 232 valence electrons. The lowest BCUT2D eigenvalue weighted by atomic mass is 9.90. The normalized spacial score (nSPS) is 19.3. The number of hydrogen-bond donors (Lipinski definition) is 2. The van der Waals surface area contributed by atoms with Crippen LogP contribution < -0.4 is 25.2 Å². The lowest BCUT2D eigenvalue weighted by molar-refractivity contribution is -0.111. The molecule has 3 heterocycles. The Morgan fingerprint density at radius 2 is 1.86 bits per heavy atom. The highest BCUT2D eigenvalue weighted by atomic mass is 19.3. The maximum Gasteiger partial charge on any atom is 0.326 e. The van der Waals surface area contributed by atoms with Crippen LogP contribution in [0.5, 0.6) is 5.75 Å². The number of methoxy groups -OCH3 is 1. The van der Waals surface area contributed by atoms with E-state index in [1.807, 2.05) is 19.9 Å². The number of benzene rings is 1. The van der Waals surface area contributed by atoms with E-state index in [9.17, 15) is 18.4 Å². The van der Waals surface area contributed by atoms with E-state index in [2.05, 4.69) is 39.0 Å². The van der Waals surface area contributed by atoms with E-state index in [0.717, 1.165) is 37.4 Å². The largest absolute Gasteiger partial charge is 0.494 e. The standard InChI is InChI=1S/C30H40F2N8O3/c1-6-26(41)34-22-15-23(25(43-5)16-24(22)38-13-11-37(4)12-14-38)35-28-33-17-20-18-39(19(2)3)29(42)40(27(20)36-28)21-7-9-30(31,32)10-8-21/h6,15-17,19,21H,1,7-14,18H2,2-5H3,(H,34,41)(H,33,35,36). The van der Waals surface area contributed by atoms with Crippen LogP contribution in [0.4, 0.5) is 42.4 Å². The lowest BCUT2D eigenvalue weighted by Crippen LogP contribution is -2.55. The molecule has 0 radical (unpaired) electrons. The molecule has 2 aliphatic heterocycles. The molecule has 1 aliphatic carbocycles. The topological polar surface area (TPSA) is 106 Å². The third-order valence-electron chi connectivity index (χ3n) is 8.39. The summed E-state index contributed by atoms with van der Waals surface area (Å²) >= 11 is 0. The summed E-state index contributed by atoms with van der Waals surface area (Å²) in [5.41, 5.74) is 2.64. The van der Waals surface area contributed by atoms with Crippen molar-refractivity contribution in [2.45, 2.75) is 64.1 Å². The summed E-state index contributed by atoms with van der Waals surface area (Å²) in [6, 6.07) is 2.91. The van der Waals surface area contributed by atoms with Crippen LogP contribution in [0.25, 0.3) is 0 Å². The zero-order valence-electron chi connectivity index (χ0n) is 25.2. The van der Waals surface area contributed by atoms with Gasteiger partial charge >= 0.3 is 6.03 Å². The van der Waals surface area contributed by atoms with Crippen molar-refractivity contribution in [3.8, 4) is 5.75 Å². The van der Waals surface area contributed by atoms with Crippen molar-refractivity contribution in [3.63, 3.8) is 0 Å². The number of halogens is 2. The second kappa shape index (κ2) is 12.3. The molecule has 11 nitrogen and oxygen atoms in total. The zero-order valence-corrected chi connectivity index (χ0v) is 25.2. The molecule has 13 heteroatoms. The number of aromatic nitrogens is 2. The highest BCUT2D eigenvalue weighted by Gasteiger charge is 2.43. The number of carbonyl (C=O) groups is 2. The minimum absolute atomic E-state index is 0.0849. The number of ether oxygens (including phenoxy) is 1. The third-order valence-corrected chi connectivity index (χ3v) is 8.39. The summed E-state index contributed by atoms with van der Waals surface area (Å²) < 4.78 is 33.8. The van der Waals surface area contributed by atoms with Gasteiger partial charge in [0.25, 0.3) is 0 Å². The van der Waals surface area contributed by atoms with E-state index >= 15 is 0 Å². The molecule has 3 amide bonds. The first-order valence-electron chi connectivity index (χ1n) is 14.7. The lowest BCUT2D eigenvalue weighted by Gasteiger charge is -2.43. The van der Waals surface area contributed by atoms with Crippen LogP contribution in [0.1, 0.15) is 45.1 Å². The van der Waals surface area contributed by atoms with Crippen molar-refractivity contribution >= 4 is 40.8 Å². The number of fused-ring (bicyclic) bond motifs is 1. The Bertz CT molecular complexity index is 1370. The molecule has 5 rings (SSSR count). The highest BCUT2D eigenvalue weighted by molar-refractivity contribution is 6.02. The minimum Gasteiger partial charge on any atom is -0.494 e. The van der Waals surface area contributed by atoms with Gasteiger partial charge in [-0.2, -0.15) is 4.98 Å². The minimum atomic E-state index is -2.72. The molecule has 0 spiro atoms.